The molecule has 0 aliphatic heterocycles. The van der Waals surface area contributed by atoms with Crippen molar-refractivity contribution in [3.63, 3.8) is 0 Å². The molecule has 0 radical (unpaired) electrons. The van der Waals surface area contributed by atoms with Crippen LogP contribution in [-0.4, -0.2) is 22.1 Å². The second-order valence-electron chi connectivity index (χ2n) is 5.55. The lowest BCUT2D eigenvalue weighted by Gasteiger charge is -2.19. The highest BCUT2D eigenvalue weighted by molar-refractivity contribution is 14.1. The predicted octanol–water partition coefficient (Wildman–Crippen LogP) is 3.31. The van der Waals surface area contributed by atoms with Crippen LogP contribution in [0.3, 0.4) is 0 Å². The highest BCUT2D eigenvalue weighted by Crippen LogP contribution is 2.20. The van der Waals surface area contributed by atoms with Gasteiger partial charge >= 0.3 is 0 Å². The Hall–Kier alpha value is -2.35. The number of rotatable bonds is 6. The van der Waals surface area contributed by atoms with Crippen LogP contribution < -0.4 is 10.1 Å². The lowest BCUT2D eigenvalue weighted by Crippen LogP contribution is -2.34. The third kappa shape index (κ3) is 4.60. The number of halogens is 1. The van der Waals surface area contributed by atoms with E-state index in [9.17, 15) is 4.79 Å². The summed E-state index contributed by atoms with van der Waals surface area (Å²) in [6.07, 6.45) is 3.58. The Kier molecular flexibility index (Phi) is 5.70. The summed E-state index contributed by atoms with van der Waals surface area (Å²) in [5.74, 6) is 1.24. The molecule has 0 bridgehead atoms. The molecule has 6 heteroatoms. The van der Waals surface area contributed by atoms with Crippen LogP contribution in [0.1, 0.15) is 17.4 Å². The Morgan fingerprint density at radius 3 is 2.56 bits per heavy atom. The number of hydrogen-bond donors (Lipinski definition) is 1. The Morgan fingerprint density at radius 1 is 1.20 bits per heavy atom. The van der Waals surface area contributed by atoms with Crippen molar-refractivity contribution in [3.8, 4) is 5.75 Å². The molecule has 1 atom stereocenters. The molecule has 0 spiro atoms. The Morgan fingerprint density at radius 2 is 1.92 bits per heavy atom. The van der Waals surface area contributed by atoms with E-state index in [1.54, 1.807) is 6.20 Å². The SMILES string of the molecule is Cn1ccnc1C(NC(=O)COc1ccc(I)cc1)c1ccccc1. The third-order valence-electron chi connectivity index (χ3n) is 3.74. The molecule has 128 valence electrons. The first-order valence-corrected chi connectivity index (χ1v) is 8.91. The quantitative estimate of drug-likeness (QED) is 0.591. The van der Waals surface area contributed by atoms with Gasteiger partial charge in [0.2, 0.25) is 0 Å². The van der Waals surface area contributed by atoms with Gasteiger partial charge in [0, 0.05) is 23.0 Å². The van der Waals surface area contributed by atoms with Gasteiger partial charge in [-0.2, -0.15) is 0 Å². The van der Waals surface area contributed by atoms with Crippen LogP contribution in [0.25, 0.3) is 0 Å². The average Bonchev–Trinajstić information content (AvgIpc) is 3.06. The zero-order valence-electron chi connectivity index (χ0n) is 13.7. The lowest BCUT2D eigenvalue weighted by molar-refractivity contribution is -0.123. The van der Waals surface area contributed by atoms with Crippen molar-refractivity contribution in [1.82, 2.24) is 14.9 Å². The summed E-state index contributed by atoms with van der Waals surface area (Å²) in [6.45, 7) is -0.0473. The Labute approximate surface area is 160 Å². The maximum absolute atomic E-state index is 12.4. The summed E-state index contributed by atoms with van der Waals surface area (Å²) >= 11 is 2.23. The zero-order chi connectivity index (χ0) is 17.6. The van der Waals surface area contributed by atoms with Gasteiger partial charge in [-0.25, -0.2) is 4.98 Å². The van der Waals surface area contributed by atoms with Gasteiger partial charge < -0.3 is 14.6 Å². The van der Waals surface area contributed by atoms with E-state index in [-0.39, 0.29) is 18.6 Å². The van der Waals surface area contributed by atoms with E-state index in [1.807, 2.05) is 72.4 Å². The first-order valence-electron chi connectivity index (χ1n) is 7.83. The highest BCUT2D eigenvalue weighted by Gasteiger charge is 2.20. The molecule has 1 N–H and O–H groups in total. The van der Waals surface area contributed by atoms with Crippen LogP contribution in [0.5, 0.6) is 5.75 Å². The average molecular weight is 447 g/mol. The molecule has 3 rings (SSSR count). The van der Waals surface area contributed by atoms with E-state index in [1.165, 1.54) is 0 Å². The summed E-state index contributed by atoms with van der Waals surface area (Å²) in [6, 6.07) is 17.0. The minimum absolute atomic E-state index is 0.0473. The van der Waals surface area contributed by atoms with Crippen LogP contribution >= 0.6 is 22.6 Å². The molecule has 2 aromatic carbocycles. The molecule has 1 heterocycles. The maximum Gasteiger partial charge on any atom is 0.258 e. The molecule has 1 unspecified atom stereocenters. The summed E-state index contributed by atoms with van der Waals surface area (Å²) in [7, 11) is 1.91. The van der Waals surface area contributed by atoms with Crippen LogP contribution in [0.2, 0.25) is 0 Å². The van der Waals surface area contributed by atoms with E-state index in [4.69, 9.17) is 4.74 Å². The number of aryl methyl sites for hydroxylation is 1. The van der Waals surface area contributed by atoms with Crippen molar-refractivity contribution < 1.29 is 9.53 Å². The first kappa shape index (κ1) is 17.5. The second kappa shape index (κ2) is 8.15. The summed E-state index contributed by atoms with van der Waals surface area (Å²) in [5.41, 5.74) is 0.972. The van der Waals surface area contributed by atoms with Gasteiger partial charge in [0.05, 0.1) is 0 Å². The predicted molar refractivity (Wildman–Crippen MR) is 104 cm³/mol. The molecule has 0 saturated heterocycles. The van der Waals surface area contributed by atoms with Crippen LogP contribution in [-0.2, 0) is 11.8 Å². The van der Waals surface area contributed by atoms with Gasteiger partial charge in [0.1, 0.15) is 17.6 Å². The van der Waals surface area contributed by atoms with Crippen molar-refractivity contribution in [1.29, 1.82) is 0 Å². The normalized spacial score (nSPS) is 11.8. The minimum atomic E-state index is -0.325. The number of ether oxygens (including phenoxy) is 1. The number of carbonyl (C=O) groups is 1. The van der Waals surface area contributed by atoms with E-state index in [0.29, 0.717) is 5.75 Å². The number of nitrogens with zero attached hydrogens (tertiary/aromatic N) is 2. The van der Waals surface area contributed by atoms with Gasteiger partial charge in [-0.05, 0) is 52.4 Å². The Bertz CT molecular complexity index is 831. The van der Waals surface area contributed by atoms with Crippen LogP contribution in [0, 0.1) is 3.57 Å². The molecule has 0 saturated carbocycles. The van der Waals surface area contributed by atoms with E-state index in [0.717, 1.165) is 15.0 Å². The molecule has 5 nitrogen and oxygen atoms in total. The molecule has 0 aliphatic rings. The largest absolute Gasteiger partial charge is 0.484 e. The summed E-state index contributed by atoms with van der Waals surface area (Å²) < 4.78 is 8.58. The molecule has 3 aromatic rings. The third-order valence-corrected chi connectivity index (χ3v) is 4.46. The molecule has 1 amide bonds. The van der Waals surface area contributed by atoms with E-state index >= 15 is 0 Å². The van der Waals surface area contributed by atoms with Gasteiger partial charge in [-0.15, -0.1) is 0 Å². The van der Waals surface area contributed by atoms with E-state index < -0.39 is 0 Å². The van der Waals surface area contributed by atoms with E-state index in [2.05, 4.69) is 32.9 Å². The van der Waals surface area contributed by atoms with Gasteiger partial charge in [-0.3, -0.25) is 4.79 Å². The van der Waals surface area contributed by atoms with Crippen molar-refractivity contribution in [2.24, 2.45) is 7.05 Å². The van der Waals surface area contributed by atoms with Crippen molar-refractivity contribution in [2.75, 3.05) is 6.61 Å². The Balaban J connectivity index is 1.71. The van der Waals surface area contributed by atoms with Crippen molar-refractivity contribution in [3.05, 3.63) is 81.9 Å². The number of benzene rings is 2. The molecule has 0 fully saturated rings. The smallest absolute Gasteiger partial charge is 0.258 e. The molecular weight excluding hydrogens is 429 g/mol. The fourth-order valence-corrected chi connectivity index (χ4v) is 2.84. The maximum atomic E-state index is 12.4. The minimum Gasteiger partial charge on any atom is -0.484 e. The standard InChI is InChI=1S/C19H18IN3O2/c1-23-12-11-21-19(23)18(14-5-3-2-4-6-14)22-17(24)13-25-16-9-7-15(20)8-10-16/h2-12,18H,13H2,1H3,(H,22,24). The van der Waals surface area contributed by atoms with Gasteiger partial charge in [0.15, 0.2) is 6.61 Å². The number of hydrogen-bond acceptors (Lipinski definition) is 3. The number of amides is 1. The molecule has 1 aromatic heterocycles. The van der Waals surface area contributed by atoms with Gasteiger partial charge in [0.25, 0.3) is 5.91 Å². The summed E-state index contributed by atoms with van der Waals surface area (Å²) in [5, 5.41) is 3.01. The van der Waals surface area contributed by atoms with Crippen molar-refractivity contribution in [2.45, 2.75) is 6.04 Å². The number of imidazole rings is 1. The number of nitrogens with one attached hydrogen (secondary N) is 1. The van der Waals surface area contributed by atoms with Crippen LogP contribution in [0.4, 0.5) is 0 Å². The van der Waals surface area contributed by atoms with Gasteiger partial charge in [-0.1, -0.05) is 30.3 Å². The zero-order valence-corrected chi connectivity index (χ0v) is 15.9. The highest BCUT2D eigenvalue weighted by atomic mass is 127. The topological polar surface area (TPSA) is 56.2 Å². The number of aromatic nitrogens is 2. The fourth-order valence-electron chi connectivity index (χ4n) is 2.48. The molecule has 25 heavy (non-hydrogen) atoms. The summed E-state index contributed by atoms with van der Waals surface area (Å²) in [4.78, 5) is 16.8. The first-order chi connectivity index (χ1) is 12.1. The fraction of sp³-hybridized carbons (Fsp3) is 0.158. The van der Waals surface area contributed by atoms with Crippen molar-refractivity contribution >= 4 is 28.5 Å². The molecular formula is C19H18IN3O2. The monoisotopic (exact) mass is 447 g/mol. The second-order valence-corrected chi connectivity index (χ2v) is 6.80. The number of carbonyl (C=O) groups excluding carboxylic acids is 1. The van der Waals surface area contributed by atoms with Crippen LogP contribution in [0.15, 0.2) is 67.0 Å². The lowest BCUT2D eigenvalue weighted by atomic mass is 10.1. The molecule has 0 aliphatic carbocycles.